The number of hydrogen-bond donors (Lipinski definition) is 1. The minimum absolute atomic E-state index is 0.0293. The third kappa shape index (κ3) is 3.60. The van der Waals surface area contributed by atoms with E-state index in [2.05, 4.69) is 15.0 Å². The molecule has 0 fully saturated rings. The Hall–Kier alpha value is -3.11. The highest BCUT2D eigenvalue weighted by Crippen LogP contribution is 2.21. The first kappa shape index (κ1) is 17.7. The monoisotopic (exact) mass is 352 g/mol. The van der Waals surface area contributed by atoms with Crippen LogP contribution < -0.4 is 0 Å². The van der Waals surface area contributed by atoms with Gasteiger partial charge < -0.3 is 5.11 Å². The summed E-state index contributed by atoms with van der Waals surface area (Å²) < 4.78 is 13.2. The molecular formula is C19H17FN4O2. The maximum atomic E-state index is 13.2. The minimum atomic E-state index is -1.68. The van der Waals surface area contributed by atoms with E-state index < -0.39 is 11.4 Å². The van der Waals surface area contributed by atoms with Crippen LogP contribution in [0, 0.1) is 19.3 Å². The quantitative estimate of drug-likeness (QED) is 0.717. The van der Waals surface area contributed by atoms with E-state index in [0.29, 0.717) is 16.7 Å². The van der Waals surface area contributed by atoms with Crippen molar-refractivity contribution < 1.29 is 14.3 Å². The number of halogens is 1. The topological polar surface area (TPSA) is 72.4 Å². The van der Waals surface area contributed by atoms with Crippen LogP contribution >= 0.6 is 0 Å². The second kappa shape index (κ2) is 6.65. The predicted octanol–water partition coefficient (Wildman–Crippen LogP) is 2.99. The summed E-state index contributed by atoms with van der Waals surface area (Å²) in [6.45, 7) is 10.1. The van der Waals surface area contributed by atoms with Crippen LogP contribution in [0.4, 0.5) is 10.1 Å². The zero-order valence-electron chi connectivity index (χ0n) is 14.4. The van der Waals surface area contributed by atoms with Crippen molar-refractivity contribution in [2.45, 2.75) is 32.4 Å². The van der Waals surface area contributed by atoms with Crippen molar-refractivity contribution in [3.8, 4) is 0 Å². The van der Waals surface area contributed by atoms with Crippen LogP contribution in [-0.2, 0) is 17.8 Å². The Bertz CT molecular complexity index is 1030. The minimum Gasteiger partial charge on any atom is -0.380 e. The van der Waals surface area contributed by atoms with Gasteiger partial charge in [-0.1, -0.05) is 18.2 Å². The molecule has 1 N–H and O–H groups in total. The maximum absolute atomic E-state index is 13.2. The van der Waals surface area contributed by atoms with Crippen molar-refractivity contribution in [1.29, 1.82) is 0 Å². The molecule has 2 aromatic carbocycles. The number of Topliss-reactive ketones (excluding diaryl/α,β-unsaturated/α-hetero) is 1. The van der Waals surface area contributed by atoms with E-state index in [-0.39, 0.29) is 18.7 Å². The summed E-state index contributed by atoms with van der Waals surface area (Å²) in [6, 6.07) is 9.15. The maximum Gasteiger partial charge on any atom is 0.190 e. The van der Waals surface area contributed by atoms with Crippen molar-refractivity contribution in [3.63, 3.8) is 0 Å². The first-order valence-corrected chi connectivity index (χ1v) is 8.01. The fraction of sp³-hybridized carbons (Fsp3) is 0.263. The van der Waals surface area contributed by atoms with Gasteiger partial charge >= 0.3 is 0 Å². The lowest BCUT2D eigenvalue weighted by Gasteiger charge is -2.21. The third-order valence-electron chi connectivity index (χ3n) is 4.18. The van der Waals surface area contributed by atoms with E-state index in [1.807, 2.05) is 0 Å². The summed E-state index contributed by atoms with van der Waals surface area (Å²) in [5.41, 5.74) is 1.21. The summed E-state index contributed by atoms with van der Waals surface area (Å²) in [5, 5.41) is 18.8. The van der Waals surface area contributed by atoms with Crippen molar-refractivity contribution in [3.05, 3.63) is 64.8 Å². The fourth-order valence-electron chi connectivity index (χ4n) is 2.70. The van der Waals surface area contributed by atoms with Crippen molar-refractivity contribution in [2.75, 3.05) is 0 Å². The van der Waals surface area contributed by atoms with Crippen LogP contribution in [0.1, 0.15) is 18.1 Å². The molecule has 0 amide bonds. The van der Waals surface area contributed by atoms with E-state index >= 15 is 0 Å². The summed E-state index contributed by atoms with van der Waals surface area (Å²) in [6.07, 6.45) is 0.0293. The molecule has 1 heterocycles. The summed E-state index contributed by atoms with van der Waals surface area (Å²) in [5.74, 6) is -0.814. The van der Waals surface area contributed by atoms with E-state index in [9.17, 15) is 14.3 Å². The Kier molecular flexibility index (Phi) is 4.53. The molecule has 0 saturated carbocycles. The number of fused-ring (bicyclic) bond motifs is 1. The van der Waals surface area contributed by atoms with Crippen LogP contribution in [0.15, 0.2) is 36.4 Å². The highest BCUT2D eigenvalue weighted by Gasteiger charge is 2.31. The van der Waals surface area contributed by atoms with Gasteiger partial charge in [-0.25, -0.2) is 9.24 Å². The summed E-state index contributed by atoms with van der Waals surface area (Å²) in [7, 11) is 0. The molecule has 0 radical (unpaired) electrons. The Morgan fingerprint density at radius 2 is 2.00 bits per heavy atom. The zero-order valence-corrected chi connectivity index (χ0v) is 14.4. The lowest BCUT2D eigenvalue weighted by molar-refractivity contribution is -0.136. The number of rotatable bonds is 5. The van der Waals surface area contributed by atoms with Crippen molar-refractivity contribution in [2.24, 2.45) is 0 Å². The van der Waals surface area contributed by atoms with Gasteiger partial charge in [0.2, 0.25) is 0 Å². The van der Waals surface area contributed by atoms with Gasteiger partial charge in [-0.05, 0) is 37.1 Å². The van der Waals surface area contributed by atoms with Crippen LogP contribution in [0.3, 0.4) is 0 Å². The zero-order chi connectivity index (χ0) is 18.9. The number of carbonyl (C=O) groups excluding carboxylic acids is 1. The van der Waals surface area contributed by atoms with Gasteiger partial charge in [0, 0.05) is 12.5 Å². The van der Waals surface area contributed by atoms with Gasteiger partial charge in [-0.2, -0.15) is 15.0 Å². The van der Waals surface area contributed by atoms with E-state index in [0.717, 1.165) is 11.1 Å². The number of carbonyl (C=O) groups is 1. The van der Waals surface area contributed by atoms with Gasteiger partial charge in [0.15, 0.2) is 11.5 Å². The second-order valence-corrected chi connectivity index (χ2v) is 6.47. The molecule has 132 valence electrons. The molecule has 0 aliphatic carbocycles. The predicted molar refractivity (Wildman–Crippen MR) is 94.3 cm³/mol. The van der Waals surface area contributed by atoms with E-state index in [1.54, 1.807) is 25.1 Å². The summed E-state index contributed by atoms with van der Waals surface area (Å²) in [4.78, 5) is 17.1. The Morgan fingerprint density at radius 1 is 1.27 bits per heavy atom. The number of ketones is 1. The fourth-order valence-corrected chi connectivity index (χ4v) is 2.70. The molecule has 0 saturated heterocycles. The van der Waals surface area contributed by atoms with Crippen LogP contribution in [0.25, 0.3) is 15.9 Å². The Morgan fingerprint density at radius 3 is 2.69 bits per heavy atom. The van der Waals surface area contributed by atoms with E-state index in [4.69, 9.17) is 6.57 Å². The number of aromatic nitrogens is 3. The molecule has 0 aliphatic heterocycles. The van der Waals surface area contributed by atoms with Crippen LogP contribution in [0.5, 0.6) is 0 Å². The van der Waals surface area contributed by atoms with Gasteiger partial charge in [0.05, 0.1) is 13.1 Å². The molecule has 3 aromatic rings. The largest absolute Gasteiger partial charge is 0.380 e. The van der Waals surface area contributed by atoms with Crippen LogP contribution in [0.2, 0.25) is 0 Å². The molecule has 6 nitrogen and oxygen atoms in total. The summed E-state index contributed by atoms with van der Waals surface area (Å²) >= 11 is 0. The normalized spacial score (nSPS) is 13.3. The van der Waals surface area contributed by atoms with E-state index in [1.165, 1.54) is 29.9 Å². The molecular weight excluding hydrogens is 335 g/mol. The molecule has 3 rings (SSSR count). The van der Waals surface area contributed by atoms with Gasteiger partial charge in [0.25, 0.3) is 0 Å². The molecule has 0 bridgehead atoms. The molecule has 0 aliphatic rings. The highest BCUT2D eigenvalue weighted by atomic mass is 19.1. The first-order chi connectivity index (χ1) is 12.3. The molecule has 7 heteroatoms. The molecule has 0 unspecified atom stereocenters. The highest BCUT2D eigenvalue weighted by molar-refractivity contribution is 5.88. The Balaban J connectivity index is 1.76. The Labute approximate surface area is 149 Å². The lowest BCUT2D eigenvalue weighted by atomic mass is 9.94. The smallest absolute Gasteiger partial charge is 0.190 e. The number of aryl methyl sites for hydroxylation is 1. The molecule has 26 heavy (non-hydrogen) atoms. The standard InChI is InChI=1S/C19H17FN4O2/c1-12-8-13(4-6-15(12)21-3)9-18(25)19(2,26)11-24-22-16-7-5-14(20)10-17(16)23-24/h4-8,10,26H,9,11H2,1-2H3/t19-/m0/s1. The lowest BCUT2D eigenvalue weighted by Crippen LogP contribution is -2.41. The third-order valence-corrected chi connectivity index (χ3v) is 4.18. The second-order valence-electron chi connectivity index (χ2n) is 6.47. The number of benzene rings is 2. The van der Waals surface area contributed by atoms with Crippen molar-refractivity contribution in [1.82, 2.24) is 15.0 Å². The number of hydrogen-bond acceptors (Lipinski definition) is 4. The molecule has 1 aromatic heterocycles. The van der Waals surface area contributed by atoms with Gasteiger partial charge in [-0.15, -0.1) is 0 Å². The number of aliphatic hydroxyl groups is 1. The molecule has 1 atom stereocenters. The van der Waals surface area contributed by atoms with Gasteiger partial charge in [-0.3, -0.25) is 4.79 Å². The van der Waals surface area contributed by atoms with Crippen molar-refractivity contribution >= 4 is 22.5 Å². The van der Waals surface area contributed by atoms with Crippen LogP contribution in [-0.4, -0.2) is 31.5 Å². The number of nitrogens with zero attached hydrogens (tertiary/aromatic N) is 4. The molecule has 0 spiro atoms. The van der Waals surface area contributed by atoms with Gasteiger partial charge in [0.1, 0.15) is 22.5 Å². The first-order valence-electron chi connectivity index (χ1n) is 8.01. The SMILES string of the molecule is [C-]#[N+]c1ccc(CC(=O)[C@@](C)(O)Cn2nc3ccc(F)cc3n2)cc1C. The average Bonchev–Trinajstić information content (AvgIpc) is 2.95. The average molecular weight is 352 g/mol.